The molecule has 28 heavy (non-hydrogen) atoms. The van der Waals surface area contributed by atoms with E-state index >= 15 is 0 Å². The summed E-state index contributed by atoms with van der Waals surface area (Å²) in [5, 5.41) is 4.44. The molecule has 3 aliphatic heterocycles. The van der Waals surface area contributed by atoms with Crippen molar-refractivity contribution in [2.45, 2.75) is 35.1 Å². The van der Waals surface area contributed by atoms with E-state index in [0.29, 0.717) is 18.4 Å². The lowest BCUT2D eigenvalue weighted by Crippen LogP contribution is -2.49. The van der Waals surface area contributed by atoms with Crippen molar-refractivity contribution in [3.8, 4) is 5.75 Å². The van der Waals surface area contributed by atoms with Crippen LogP contribution in [0.25, 0.3) is 0 Å². The molecule has 0 bridgehead atoms. The topological polar surface area (TPSA) is 78.7 Å². The van der Waals surface area contributed by atoms with E-state index in [1.165, 1.54) is 22.8 Å². The third-order valence-corrected chi connectivity index (χ3v) is 6.89. The number of hydrogen-bond acceptors (Lipinski definition) is 8. The molecule has 2 atom stereocenters. The molecule has 148 valence electrons. The zero-order valence-electron chi connectivity index (χ0n) is 15.6. The average molecular weight is 402 g/mol. The van der Waals surface area contributed by atoms with E-state index in [4.69, 9.17) is 14.2 Å². The summed E-state index contributed by atoms with van der Waals surface area (Å²) in [4.78, 5) is 19.6. The molecule has 9 heteroatoms. The lowest BCUT2D eigenvalue weighted by molar-refractivity contribution is -0.187. The highest BCUT2D eigenvalue weighted by molar-refractivity contribution is 8.00. The lowest BCUT2D eigenvalue weighted by Gasteiger charge is -2.42. The van der Waals surface area contributed by atoms with Crippen molar-refractivity contribution in [1.29, 1.82) is 0 Å². The second-order valence-corrected chi connectivity index (χ2v) is 8.30. The molecular formula is C19H22N4O4S. The van der Waals surface area contributed by atoms with Gasteiger partial charge in [0, 0.05) is 25.9 Å². The second-order valence-electron chi connectivity index (χ2n) is 7.20. The number of methoxy groups -OCH3 is 1. The van der Waals surface area contributed by atoms with Gasteiger partial charge in [0.15, 0.2) is 10.9 Å². The number of nitrogens with zero attached hydrogens (tertiary/aromatic N) is 4. The monoisotopic (exact) mass is 402 g/mol. The number of aromatic nitrogens is 3. The highest BCUT2D eigenvalue weighted by Gasteiger charge is 2.46. The van der Waals surface area contributed by atoms with Crippen molar-refractivity contribution >= 4 is 17.7 Å². The van der Waals surface area contributed by atoms with Gasteiger partial charge in [-0.2, -0.15) is 9.78 Å². The van der Waals surface area contributed by atoms with E-state index in [-0.39, 0.29) is 17.2 Å². The number of rotatable bonds is 4. The number of piperidine rings is 1. The van der Waals surface area contributed by atoms with E-state index in [0.717, 1.165) is 37.2 Å². The normalized spacial score (nSPS) is 25.2. The quantitative estimate of drug-likeness (QED) is 0.768. The molecule has 8 nitrogen and oxygen atoms in total. The van der Waals surface area contributed by atoms with Crippen molar-refractivity contribution in [1.82, 2.24) is 19.7 Å². The molecule has 0 aliphatic carbocycles. The fraction of sp³-hybridized carbons (Fsp3) is 0.526. The first kappa shape index (κ1) is 18.1. The smallest absolute Gasteiger partial charge is 0.264 e. The van der Waals surface area contributed by atoms with Crippen LogP contribution in [0.4, 0.5) is 0 Å². The summed E-state index contributed by atoms with van der Waals surface area (Å²) in [6, 6.07) is 7.86. The first-order valence-electron chi connectivity index (χ1n) is 9.46. The maximum Gasteiger partial charge on any atom is 0.264 e. The summed E-state index contributed by atoms with van der Waals surface area (Å²) in [6.45, 7) is 2.90. The fourth-order valence-corrected chi connectivity index (χ4v) is 5.51. The predicted octanol–water partition coefficient (Wildman–Crippen LogP) is 1.98. The van der Waals surface area contributed by atoms with Crippen LogP contribution in [0.15, 0.2) is 35.7 Å². The Bertz CT molecular complexity index is 872. The molecule has 2 unspecified atom stereocenters. The molecule has 3 aliphatic rings. The van der Waals surface area contributed by atoms with Crippen molar-refractivity contribution in [3.05, 3.63) is 36.2 Å². The van der Waals surface area contributed by atoms with Gasteiger partial charge in [-0.25, -0.2) is 4.98 Å². The zero-order valence-corrected chi connectivity index (χ0v) is 16.4. The Morgan fingerprint density at radius 2 is 2.07 bits per heavy atom. The molecule has 1 aromatic carbocycles. The highest BCUT2D eigenvalue weighted by Crippen LogP contribution is 2.43. The molecule has 0 N–H and O–H groups in total. The van der Waals surface area contributed by atoms with Crippen molar-refractivity contribution in [2.24, 2.45) is 0 Å². The largest absolute Gasteiger partial charge is 0.497 e. The van der Waals surface area contributed by atoms with Gasteiger partial charge in [0.1, 0.15) is 17.3 Å². The SMILES string of the molecule is COc1cccc(C(C2Sc3ncnn3C2=O)N2CCC3(CC2)OCCO3)c1. The van der Waals surface area contributed by atoms with Crippen molar-refractivity contribution < 1.29 is 19.0 Å². The maximum absolute atomic E-state index is 13.1. The number of hydrogen-bond donors (Lipinski definition) is 0. The maximum atomic E-state index is 13.1. The summed E-state index contributed by atoms with van der Waals surface area (Å²) in [5.74, 6) is 0.306. The Kier molecular flexibility index (Phi) is 4.62. The van der Waals surface area contributed by atoms with Crippen molar-refractivity contribution in [2.75, 3.05) is 33.4 Å². The van der Waals surface area contributed by atoms with E-state index in [1.54, 1.807) is 7.11 Å². The highest BCUT2D eigenvalue weighted by atomic mass is 32.2. The summed E-state index contributed by atoms with van der Waals surface area (Å²) >= 11 is 1.48. The Hall–Kier alpha value is -1.94. The number of fused-ring (bicyclic) bond motifs is 1. The Morgan fingerprint density at radius 1 is 1.29 bits per heavy atom. The first-order chi connectivity index (χ1) is 13.7. The molecule has 0 amide bonds. The Balaban J connectivity index is 1.45. The van der Waals surface area contributed by atoms with Crippen LogP contribution in [-0.4, -0.2) is 70.0 Å². The Labute approximate surface area is 167 Å². The molecule has 2 saturated heterocycles. The van der Waals surface area contributed by atoms with Gasteiger partial charge < -0.3 is 14.2 Å². The third kappa shape index (κ3) is 3.02. The standard InChI is InChI=1S/C19H22N4O4S/c1-25-14-4-2-3-13(11-14)15(16-17(24)23-18(28-16)20-12-21-23)22-7-5-19(6-8-22)26-9-10-27-19/h2-4,11-12,15-16H,5-10H2,1H3. The molecule has 0 radical (unpaired) electrons. The Morgan fingerprint density at radius 3 is 2.79 bits per heavy atom. The van der Waals surface area contributed by atoms with Gasteiger partial charge in [-0.05, 0) is 17.7 Å². The van der Waals surface area contributed by atoms with E-state index < -0.39 is 5.79 Å². The van der Waals surface area contributed by atoms with Gasteiger partial charge >= 0.3 is 0 Å². The van der Waals surface area contributed by atoms with Crippen LogP contribution in [0.5, 0.6) is 5.75 Å². The number of thioether (sulfide) groups is 1. The summed E-state index contributed by atoms with van der Waals surface area (Å²) in [6.07, 6.45) is 3.01. The minimum Gasteiger partial charge on any atom is -0.497 e. The van der Waals surface area contributed by atoms with Crippen LogP contribution in [-0.2, 0) is 9.47 Å². The van der Waals surface area contributed by atoms with Gasteiger partial charge in [0.25, 0.3) is 5.91 Å². The molecule has 4 heterocycles. The predicted molar refractivity (Wildman–Crippen MR) is 101 cm³/mol. The molecule has 2 fully saturated rings. The minimum absolute atomic E-state index is 0.0287. The zero-order chi connectivity index (χ0) is 19.1. The number of benzene rings is 1. The van der Waals surface area contributed by atoms with Crippen molar-refractivity contribution in [3.63, 3.8) is 0 Å². The summed E-state index contributed by atoms with van der Waals surface area (Å²) in [7, 11) is 1.66. The van der Waals surface area contributed by atoms with E-state index in [1.807, 2.05) is 18.2 Å². The molecule has 5 rings (SSSR count). The molecular weight excluding hydrogens is 380 g/mol. The van der Waals surface area contributed by atoms with Crippen LogP contribution in [0.3, 0.4) is 0 Å². The van der Waals surface area contributed by atoms with Crippen LogP contribution in [0, 0.1) is 0 Å². The molecule has 2 aromatic rings. The van der Waals surface area contributed by atoms with Gasteiger partial charge in [0.05, 0.1) is 26.4 Å². The van der Waals surface area contributed by atoms with Crippen LogP contribution in [0.2, 0.25) is 0 Å². The lowest BCUT2D eigenvalue weighted by atomic mass is 9.95. The van der Waals surface area contributed by atoms with Gasteiger partial charge in [-0.15, -0.1) is 0 Å². The van der Waals surface area contributed by atoms with Gasteiger partial charge in [-0.3, -0.25) is 9.69 Å². The first-order valence-corrected chi connectivity index (χ1v) is 10.3. The molecule has 1 spiro atoms. The van der Waals surface area contributed by atoms with Gasteiger partial charge in [-0.1, -0.05) is 23.9 Å². The van der Waals surface area contributed by atoms with Gasteiger partial charge in [0.2, 0.25) is 0 Å². The van der Waals surface area contributed by atoms with E-state index in [2.05, 4.69) is 21.0 Å². The summed E-state index contributed by atoms with van der Waals surface area (Å²) in [5.41, 5.74) is 1.06. The van der Waals surface area contributed by atoms with Crippen LogP contribution < -0.4 is 4.74 Å². The van der Waals surface area contributed by atoms with E-state index in [9.17, 15) is 4.79 Å². The van der Waals surface area contributed by atoms with Crippen LogP contribution in [0.1, 0.15) is 29.2 Å². The number of ether oxygens (including phenoxy) is 3. The minimum atomic E-state index is -0.448. The number of likely N-dealkylation sites (tertiary alicyclic amines) is 1. The average Bonchev–Trinajstić information content (AvgIpc) is 3.44. The molecule has 0 saturated carbocycles. The number of carbonyl (C=O) groups is 1. The molecule has 1 aromatic heterocycles. The fourth-order valence-electron chi connectivity index (χ4n) is 4.28. The van der Waals surface area contributed by atoms with Crippen LogP contribution >= 0.6 is 11.8 Å². The third-order valence-electron chi connectivity index (χ3n) is 5.69. The second kappa shape index (κ2) is 7.14. The number of carbonyl (C=O) groups excluding carboxylic acids is 1. The summed E-state index contributed by atoms with van der Waals surface area (Å²) < 4.78 is 18.6.